The van der Waals surface area contributed by atoms with Crippen molar-refractivity contribution in [3.8, 4) is 0 Å². The van der Waals surface area contributed by atoms with Crippen LogP contribution in [0, 0.1) is 0 Å². The summed E-state index contributed by atoms with van der Waals surface area (Å²) in [6.07, 6.45) is 1.73. The molecule has 0 saturated carbocycles. The molecule has 0 aliphatic rings. The average Bonchev–Trinajstić information content (AvgIpc) is 2.25. The zero-order chi connectivity index (χ0) is 13.5. The van der Waals surface area contributed by atoms with Gasteiger partial charge in [0.05, 0.1) is 6.54 Å². The molecule has 7 heteroatoms. The summed E-state index contributed by atoms with van der Waals surface area (Å²) in [5.74, 6) is -0.181. The summed E-state index contributed by atoms with van der Waals surface area (Å²) in [4.78, 5) is 13.5. The van der Waals surface area contributed by atoms with Gasteiger partial charge in [-0.3, -0.25) is 4.79 Å². The van der Waals surface area contributed by atoms with E-state index in [0.717, 1.165) is 17.1 Å². The molecule has 0 rings (SSSR count). The Morgan fingerprint density at radius 3 is 1.94 bits per heavy atom. The van der Waals surface area contributed by atoms with Gasteiger partial charge in [-0.2, -0.15) is 17.4 Å². The second kappa shape index (κ2) is 7.62. The summed E-state index contributed by atoms with van der Waals surface area (Å²) in [7, 11) is -0.682. The minimum atomic E-state index is -3.52. The van der Waals surface area contributed by atoms with Gasteiger partial charge >= 0.3 is 0 Å². The van der Waals surface area contributed by atoms with E-state index in [4.69, 9.17) is 0 Å². The Hall–Kier alpha value is -0.660. The van der Waals surface area contributed by atoms with E-state index in [1.807, 2.05) is 13.8 Å². The number of rotatable bonds is 8. The second-order valence-corrected chi connectivity index (χ2v) is 5.96. The van der Waals surface area contributed by atoms with Gasteiger partial charge < -0.3 is 4.90 Å². The van der Waals surface area contributed by atoms with Crippen LogP contribution in [0.25, 0.3) is 0 Å². The highest BCUT2D eigenvalue weighted by Gasteiger charge is 2.17. The highest BCUT2D eigenvalue weighted by Crippen LogP contribution is 1.96. The third-order valence-electron chi connectivity index (χ3n) is 2.23. The summed E-state index contributed by atoms with van der Waals surface area (Å²) in [5, 5.41) is 0. The van der Waals surface area contributed by atoms with Crippen molar-refractivity contribution in [2.75, 3.05) is 33.7 Å². The molecule has 0 fully saturated rings. The fourth-order valence-electron chi connectivity index (χ4n) is 1.29. The molecule has 0 aromatic rings. The minimum Gasteiger partial charge on any atom is -0.342 e. The van der Waals surface area contributed by atoms with Gasteiger partial charge in [0.25, 0.3) is 10.2 Å². The molecule has 0 radical (unpaired) electrons. The predicted octanol–water partition coefficient (Wildman–Crippen LogP) is 0.0310. The molecule has 0 heterocycles. The van der Waals surface area contributed by atoms with Crippen LogP contribution < -0.4 is 4.72 Å². The van der Waals surface area contributed by atoms with Crippen LogP contribution >= 0.6 is 0 Å². The Bertz CT molecular complexity index is 322. The van der Waals surface area contributed by atoms with E-state index in [-0.39, 0.29) is 12.5 Å². The van der Waals surface area contributed by atoms with E-state index in [9.17, 15) is 13.2 Å². The fourth-order valence-corrected chi connectivity index (χ4v) is 1.86. The van der Waals surface area contributed by atoms with Gasteiger partial charge in [0.15, 0.2) is 0 Å². The molecular formula is C10H23N3O3S. The summed E-state index contributed by atoms with van der Waals surface area (Å²) in [6, 6.07) is 0. The predicted molar refractivity (Wildman–Crippen MR) is 67.8 cm³/mol. The number of carbonyl (C=O) groups is 1. The molecule has 0 unspecified atom stereocenters. The van der Waals surface area contributed by atoms with Crippen molar-refractivity contribution in [3.63, 3.8) is 0 Å². The van der Waals surface area contributed by atoms with Gasteiger partial charge in [0.2, 0.25) is 5.91 Å². The number of nitrogens with one attached hydrogen (secondary N) is 1. The topological polar surface area (TPSA) is 69.7 Å². The number of hydrogen-bond donors (Lipinski definition) is 1. The van der Waals surface area contributed by atoms with Gasteiger partial charge in [-0.1, -0.05) is 13.8 Å². The van der Waals surface area contributed by atoms with Gasteiger partial charge in [0.1, 0.15) is 0 Å². The first-order valence-corrected chi connectivity index (χ1v) is 7.24. The van der Waals surface area contributed by atoms with E-state index in [0.29, 0.717) is 13.1 Å². The Kier molecular flexibility index (Phi) is 7.33. The van der Waals surface area contributed by atoms with Crippen molar-refractivity contribution in [3.05, 3.63) is 0 Å². The largest absolute Gasteiger partial charge is 0.342 e. The van der Waals surface area contributed by atoms with Crippen molar-refractivity contribution in [2.24, 2.45) is 0 Å². The molecule has 0 aromatic carbocycles. The minimum absolute atomic E-state index is 0.180. The van der Waals surface area contributed by atoms with Crippen molar-refractivity contribution < 1.29 is 13.2 Å². The van der Waals surface area contributed by atoms with Crippen molar-refractivity contribution in [1.82, 2.24) is 13.9 Å². The van der Waals surface area contributed by atoms with Gasteiger partial charge in [-0.05, 0) is 12.8 Å². The molecule has 0 aliphatic heterocycles. The summed E-state index contributed by atoms with van der Waals surface area (Å²) in [5.41, 5.74) is 0. The molecule has 17 heavy (non-hydrogen) atoms. The molecular weight excluding hydrogens is 242 g/mol. The van der Waals surface area contributed by atoms with Crippen LogP contribution in [0.3, 0.4) is 0 Å². The average molecular weight is 265 g/mol. The third kappa shape index (κ3) is 5.99. The van der Waals surface area contributed by atoms with Crippen molar-refractivity contribution >= 4 is 16.1 Å². The lowest BCUT2D eigenvalue weighted by molar-refractivity contribution is -0.130. The second-order valence-electron chi connectivity index (χ2n) is 3.99. The molecule has 6 nitrogen and oxygen atoms in total. The van der Waals surface area contributed by atoms with Gasteiger partial charge in [0, 0.05) is 27.2 Å². The van der Waals surface area contributed by atoms with Crippen LogP contribution in [0.5, 0.6) is 0 Å². The maximum absolute atomic E-state index is 11.8. The molecule has 0 saturated heterocycles. The van der Waals surface area contributed by atoms with Gasteiger partial charge in [-0.15, -0.1) is 0 Å². The number of hydrogen-bond acceptors (Lipinski definition) is 3. The molecule has 0 atom stereocenters. The van der Waals surface area contributed by atoms with Crippen LogP contribution in [-0.2, 0) is 15.0 Å². The van der Waals surface area contributed by atoms with Crippen molar-refractivity contribution in [1.29, 1.82) is 0 Å². The van der Waals surface area contributed by atoms with Crippen LogP contribution in [-0.4, -0.2) is 57.3 Å². The monoisotopic (exact) mass is 265 g/mol. The lowest BCUT2D eigenvalue weighted by Crippen LogP contribution is -2.44. The zero-order valence-electron chi connectivity index (χ0n) is 11.1. The molecule has 0 aliphatic carbocycles. The number of nitrogens with zero attached hydrogens (tertiary/aromatic N) is 2. The van der Waals surface area contributed by atoms with Crippen LogP contribution in [0.1, 0.15) is 26.7 Å². The van der Waals surface area contributed by atoms with Crippen LogP contribution in [0.4, 0.5) is 0 Å². The lowest BCUT2D eigenvalue weighted by atomic mass is 10.3. The number of carbonyl (C=O) groups excluding carboxylic acids is 1. The van der Waals surface area contributed by atoms with E-state index >= 15 is 0 Å². The van der Waals surface area contributed by atoms with Crippen LogP contribution in [0.15, 0.2) is 0 Å². The highest BCUT2D eigenvalue weighted by atomic mass is 32.2. The SMILES string of the molecule is CCCN(CCC)C(=O)CNS(=O)(=O)N(C)C. The first-order chi connectivity index (χ1) is 7.85. The lowest BCUT2D eigenvalue weighted by Gasteiger charge is -2.22. The standard InChI is InChI=1S/C10H23N3O3S/c1-5-7-13(8-6-2)10(14)9-11-17(15,16)12(3)4/h11H,5-9H2,1-4H3. The molecule has 0 aromatic heterocycles. The first kappa shape index (κ1) is 16.3. The first-order valence-electron chi connectivity index (χ1n) is 5.80. The summed E-state index contributed by atoms with van der Waals surface area (Å²) < 4.78 is 26.1. The van der Waals surface area contributed by atoms with Crippen LogP contribution in [0.2, 0.25) is 0 Å². The zero-order valence-corrected chi connectivity index (χ0v) is 11.9. The Morgan fingerprint density at radius 1 is 1.12 bits per heavy atom. The molecule has 0 bridgehead atoms. The smallest absolute Gasteiger partial charge is 0.279 e. The quantitative estimate of drug-likeness (QED) is 0.673. The molecule has 1 N–H and O–H groups in total. The van der Waals surface area contributed by atoms with E-state index < -0.39 is 10.2 Å². The Balaban J connectivity index is 4.32. The van der Waals surface area contributed by atoms with Crippen molar-refractivity contribution in [2.45, 2.75) is 26.7 Å². The van der Waals surface area contributed by atoms with E-state index in [1.54, 1.807) is 4.90 Å². The normalized spacial score (nSPS) is 11.8. The van der Waals surface area contributed by atoms with E-state index in [2.05, 4.69) is 4.72 Å². The highest BCUT2D eigenvalue weighted by molar-refractivity contribution is 7.87. The maximum Gasteiger partial charge on any atom is 0.279 e. The third-order valence-corrected chi connectivity index (χ3v) is 3.70. The van der Waals surface area contributed by atoms with Gasteiger partial charge in [-0.25, -0.2) is 0 Å². The molecule has 1 amide bonds. The maximum atomic E-state index is 11.8. The molecule has 0 spiro atoms. The summed E-state index contributed by atoms with van der Waals surface area (Å²) >= 11 is 0. The Labute approximate surface area is 104 Å². The molecule has 102 valence electrons. The van der Waals surface area contributed by atoms with E-state index in [1.165, 1.54) is 14.1 Å². The fraction of sp³-hybridized carbons (Fsp3) is 0.900. The summed E-state index contributed by atoms with van der Waals surface area (Å²) in [6.45, 7) is 5.12. The number of amides is 1. The Morgan fingerprint density at radius 2 is 1.59 bits per heavy atom.